The van der Waals surface area contributed by atoms with E-state index < -0.39 is 0 Å². The van der Waals surface area contributed by atoms with E-state index in [4.69, 9.17) is 4.74 Å². The van der Waals surface area contributed by atoms with E-state index in [0.717, 1.165) is 44.1 Å². The number of rotatable bonds is 7. The number of carbonyl (C=O) groups excluding carboxylic acids is 1. The Hall–Kier alpha value is -2.36. The minimum Gasteiger partial charge on any atom is -0.489 e. The highest BCUT2D eigenvalue weighted by molar-refractivity contribution is 14.0. The molecule has 0 aromatic heterocycles. The van der Waals surface area contributed by atoms with Crippen molar-refractivity contribution in [2.45, 2.75) is 38.2 Å². The Morgan fingerprint density at radius 3 is 2.70 bits per heavy atom. The number of likely N-dealkylation sites (tertiary alicyclic amines) is 1. The summed E-state index contributed by atoms with van der Waals surface area (Å²) in [6, 6.07) is 14.5. The van der Waals surface area contributed by atoms with Crippen LogP contribution in [-0.2, 0) is 4.79 Å². The van der Waals surface area contributed by atoms with Crippen molar-refractivity contribution in [2.75, 3.05) is 38.1 Å². The van der Waals surface area contributed by atoms with Crippen molar-refractivity contribution in [1.82, 2.24) is 10.2 Å². The molecule has 178 valence electrons. The van der Waals surface area contributed by atoms with Gasteiger partial charge in [-0.1, -0.05) is 18.2 Å². The first-order valence-electron chi connectivity index (χ1n) is 11.3. The minimum absolute atomic E-state index is 0. The molecule has 2 atom stereocenters. The van der Waals surface area contributed by atoms with Crippen molar-refractivity contribution < 1.29 is 13.9 Å². The summed E-state index contributed by atoms with van der Waals surface area (Å²) >= 11 is 0. The van der Waals surface area contributed by atoms with Gasteiger partial charge in [-0.15, -0.1) is 24.0 Å². The topological polar surface area (TPSA) is 57.2 Å². The van der Waals surface area contributed by atoms with Crippen molar-refractivity contribution in [1.29, 1.82) is 0 Å². The predicted octanol–water partition coefficient (Wildman–Crippen LogP) is 4.40. The third-order valence-electron chi connectivity index (χ3n) is 6.16. The zero-order valence-electron chi connectivity index (χ0n) is 19.2. The van der Waals surface area contributed by atoms with Crippen LogP contribution in [-0.4, -0.2) is 56.1 Å². The van der Waals surface area contributed by atoms with Gasteiger partial charge in [0.25, 0.3) is 0 Å². The van der Waals surface area contributed by atoms with Crippen molar-refractivity contribution >= 4 is 41.5 Å². The van der Waals surface area contributed by atoms with E-state index in [1.54, 1.807) is 19.2 Å². The Morgan fingerprint density at radius 1 is 1.24 bits per heavy atom. The van der Waals surface area contributed by atoms with Crippen LogP contribution >= 0.6 is 24.0 Å². The zero-order valence-corrected chi connectivity index (χ0v) is 21.5. The smallest absolute Gasteiger partial charge is 0.222 e. The number of guanidine groups is 1. The Balaban J connectivity index is 0.00000306. The van der Waals surface area contributed by atoms with Crippen molar-refractivity contribution in [3.05, 3.63) is 59.9 Å². The SMILES string of the molecule is CN=C(NCC(C)Oc1ccc(F)cc1)N1CC(CCN2CCCC2=O)c2ccccc21.I. The molecule has 1 amide bonds. The number of nitrogens with zero attached hydrogens (tertiary/aromatic N) is 3. The van der Waals surface area contributed by atoms with Crippen LogP contribution < -0.4 is 15.0 Å². The molecule has 2 aromatic carbocycles. The molecule has 2 heterocycles. The lowest BCUT2D eigenvalue weighted by atomic mass is 9.98. The van der Waals surface area contributed by atoms with Crippen LogP contribution in [0.5, 0.6) is 5.75 Å². The summed E-state index contributed by atoms with van der Waals surface area (Å²) < 4.78 is 19.0. The molecular formula is C25H32FIN4O2. The van der Waals surface area contributed by atoms with Gasteiger partial charge in [-0.2, -0.15) is 0 Å². The lowest BCUT2D eigenvalue weighted by Gasteiger charge is -2.25. The van der Waals surface area contributed by atoms with Gasteiger partial charge in [-0.25, -0.2) is 4.39 Å². The molecule has 1 N–H and O–H groups in total. The highest BCUT2D eigenvalue weighted by atomic mass is 127. The van der Waals surface area contributed by atoms with Gasteiger partial charge in [0.2, 0.25) is 5.91 Å². The summed E-state index contributed by atoms with van der Waals surface area (Å²) in [4.78, 5) is 20.7. The second kappa shape index (κ2) is 11.7. The van der Waals surface area contributed by atoms with Crippen molar-refractivity contribution in [3.8, 4) is 5.75 Å². The minimum atomic E-state index is -0.278. The maximum atomic E-state index is 13.1. The average Bonchev–Trinajstić information content (AvgIpc) is 3.38. The van der Waals surface area contributed by atoms with E-state index in [-0.39, 0.29) is 41.8 Å². The number of anilines is 1. The molecule has 1 fully saturated rings. The summed E-state index contributed by atoms with van der Waals surface area (Å²) in [6.07, 6.45) is 2.48. The van der Waals surface area contributed by atoms with E-state index >= 15 is 0 Å². The number of ether oxygens (including phenoxy) is 1. The molecule has 2 aliphatic heterocycles. The molecule has 6 nitrogen and oxygen atoms in total. The molecule has 4 rings (SSSR count). The number of amides is 1. The quantitative estimate of drug-likeness (QED) is 0.307. The summed E-state index contributed by atoms with van der Waals surface area (Å²) in [5.41, 5.74) is 2.46. The number of hydrogen-bond acceptors (Lipinski definition) is 3. The summed E-state index contributed by atoms with van der Waals surface area (Å²) in [5, 5.41) is 3.42. The van der Waals surface area contributed by atoms with Crippen molar-refractivity contribution in [3.63, 3.8) is 0 Å². The second-order valence-corrected chi connectivity index (χ2v) is 8.45. The molecule has 33 heavy (non-hydrogen) atoms. The molecule has 0 spiro atoms. The van der Waals surface area contributed by atoms with E-state index in [1.807, 2.05) is 17.9 Å². The molecule has 0 bridgehead atoms. The van der Waals surface area contributed by atoms with Crippen molar-refractivity contribution in [2.24, 2.45) is 4.99 Å². The average molecular weight is 566 g/mol. The molecule has 0 aliphatic carbocycles. The first kappa shape index (κ1) is 25.3. The van der Waals surface area contributed by atoms with E-state index in [9.17, 15) is 9.18 Å². The van der Waals surface area contributed by atoms with Gasteiger partial charge in [0, 0.05) is 44.7 Å². The molecule has 2 aliphatic rings. The molecule has 2 aromatic rings. The summed E-state index contributed by atoms with van der Waals surface area (Å²) in [5.74, 6) is 1.79. The largest absolute Gasteiger partial charge is 0.489 e. The van der Waals surface area contributed by atoms with Crippen LogP contribution in [0.15, 0.2) is 53.5 Å². The molecular weight excluding hydrogens is 534 g/mol. The number of para-hydroxylation sites is 1. The number of fused-ring (bicyclic) bond motifs is 1. The Morgan fingerprint density at radius 2 is 2.00 bits per heavy atom. The summed E-state index contributed by atoms with van der Waals surface area (Å²) in [6.45, 7) is 5.05. The van der Waals surface area contributed by atoms with Gasteiger partial charge in [-0.05, 0) is 55.7 Å². The maximum absolute atomic E-state index is 13.1. The number of carbonyl (C=O) groups is 1. The van der Waals surface area contributed by atoms with Crippen LogP contribution in [0.1, 0.15) is 37.7 Å². The van der Waals surface area contributed by atoms with Crippen LogP contribution in [0.25, 0.3) is 0 Å². The summed E-state index contributed by atoms with van der Waals surface area (Å²) in [7, 11) is 1.78. The number of hydrogen-bond donors (Lipinski definition) is 1. The monoisotopic (exact) mass is 566 g/mol. The number of nitrogens with one attached hydrogen (secondary N) is 1. The number of halogens is 2. The van der Waals surface area contributed by atoms with Gasteiger partial charge in [-0.3, -0.25) is 9.79 Å². The molecule has 2 unspecified atom stereocenters. The molecule has 0 radical (unpaired) electrons. The van der Waals surface area contributed by atoms with Gasteiger partial charge >= 0.3 is 0 Å². The molecule has 8 heteroatoms. The standard InChI is InChI=1S/C25H31FN4O2.HI/c1-18(32-21-11-9-20(26)10-12-21)16-28-25(27-2)30-17-19(22-6-3-4-7-23(22)30)13-15-29-14-5-8-24(29)31;/h3-4,6-7,9-12,18-19H,5,8,13-17H2,1-2H3,(H,27,28);1H. The Labute approximate surface area is 212 Å². The van der Waals surface area contributed by atoms with E-state index in [2.05, 4.69) is 33.4 Å². The van der Waals surface area contributed by atoms with E-state index in [1.165, 1.54) is 17.7 Å². The predicted molar refractivity (Wildman–Crippen MR) is 140 cm³/mol. The highest BCUT2D eigenvalue weighted by Crippen LogP contribution is 2.38. The fourth-order valence-electron chi connectivity index (χ4n) is 4.51. The fraction of sp³-hybridized carbons (Fsp3) is 0.440. The Kier molecular flexibility index (Phi) is 8.94. The fourth-order valence-corrected chi connectivity index (χ4v) is 4.51. The Bertz CT molecular complexity index is 969. The highest BCUT2D eigenvalue weighted by Gasteiger charge is 2.32. The van der Waals surface area contributed by atoms with Crippen LogP contribution in [0.4, 0.5) is 10.1 Å². The van der Waals surface area contributed by atoms with Gasteiger partial charge < -0.3 is 19.9 Å². The third kappa shape index (κ3) is 6.16. The second-order valence-electron chi connectivity index (χ2n) is 8.45. The van der Waals surface area contributed by atoms with Crippen LogP contribution in [0.2, 0.25) is 0 Å². The van der Waals surface area contributed by atoms with Gasteiger partial charge in [0.05, 0.1) is 6.54 Å². The lowest BCUT2D eigenvalue weighted by Crippen LogP contribution is -2.44. The third-order valence-corrected chi connectivity index (χ3v) is 6.16. The van der Waals surface area contributed by atoms with E-state index in [0.29, 0.717) is 24.6 Å². The van der Waals surface area contributed by atoms with Gasteiger partial charge in [0.1, 0.15) is 17.7 Å². The van der Waals surface area contributed by atoms with Gasteiger partial charge in [0.15, 0.2) is 5.96 Å². The molecule has 1 saturated heterocycles. The number of aliphatic imine (C=N–C) groups is 1. The van der Waals surface area contributed by atoms with Crippen LogP contribution in [0, 0.1) is 5.82 Å². The zero-order chi connectivity index (χ0) is 22.5. The first-order chi connectivity index (χ1) is 15.5. The first-order valence-corrected chi connectivity index (χ1v) is 11.3. The number of benzene rings is 2. The molecule has 0 saturated carbocycles. The maximum Gasteiger partial charge on any atom is 0.222 e. The van der Waals surface area contributed by atoms with Crippen LogP contribution in [0.3, 0.4) is 0 Å². The normalized spacial score (nSPS) is 18.7. The lowest BCUT2D eigenvalue weighted by molar-refractivity contribution is -0.127.